The third kappa shape index (κ3) is 5.30. The minimum atomic E-state index is -1.00. The van der Waals surface area contributed by atoms with Crippen molar-refractivity contribution in [1.29, 1.82) is 0 Å². The highest BCUT2D eigenvalue weighted by atomic mass is 32.1. The average molecular weight is 310 g/mol. The molecular formula is C14H18N2O4S. The molecule has 7 heteroatoms. The van der Waals surface area contributed by atoms with Crippen LogP contribution in [0.5, 0.6) is 0 Å². The Morgan fingerprint density at radius 2 is 2.14 bits per heavy atom. The van der Waals surface area contributed by atoms with Crippen LogP contribution in [0.2, 0.25) is 0 Å². The van der Waals surface area contributed by atoms with Gasteiger partial charge >= 0.3 is 5.97 Å². The van der Waals surface area contributed by atoms with E-state index in [-0.39, 0.29) is 5.91 Å². The maximum absolute atomic E-state index is 12.0. The van der Waals surface area contributed by atoms with Crippen molar-refractivity contribution in [2.24, 2.45) is 0 Å². The van der Waals surface area contributed by atoms with Gasteiger partial charge in [-0.2, -0.15) is 0 Å². The Bertz CT molecular complexity index is 521. The highest BCUT2D eigenvalue weighted by molar-refractivity contribution is 7.14. The minimum absolute atomic E-state index is 0.122. The van der Waals surface area contributed by atoms with Crippen LogP contribution in [0.1, 0.15) is 14.5 Å². The van der Waals surface area contributed by atoms with E-state index in [1.165, 1.54) is 17.4 Å². The Morgan fingerprint density at radius 1 is 1.38 bits per heavy atom. The summed E-state index contributed by atoms with van der Waals surface area (Å²) in [5, 5.41) is 11.4. The van der Waals surface area contributed by atoms with E-state index in [1.54, 1.807) is 12.1 Å². The fourth-order valence-corrected chi connectivity index (χ4v) is 2.78. The van der Waals surface area contributed by atoms with E-state index in [0.29, 0.717) is 11.4 Å². The van der Waals surface area contributed by atoms with Gasteiger partial charge in [-0.1, -0.05) is 0 Å². The number of ether oxygens (including phenoxy) is 1. The molecular weight excluding hydrogens is 292 g/mol. The van der Waals surface area contributed by atoms with Gasteiger partial charge in [0.1, 0.15) is 0 Å². The molecule has 1 amide bonds. The van der Waals surface area contributed by atoms with Crippen molar-refractivity contribution >= 4 is 29.3 Å². The standard InChI is InChI=1S/C14H18N2O4S/c17-13(18)4-2-11-1-3-12(21-11)14(19)15-5-6-16-7-9-20-10-8-16/h1-4H,5-10H2,(H,15,19)(H,17,18). The predicted molar refractivity (Wildman–Crippen MR) is 80.6 cm³/mol. The molecule has 0 unspecified atom stereocenters. The number of nitrogens with one attached hydrogen (secondary N) is 1. The summed E-state index contributed by atoms with van der Waals surface area (Å²) in [4.78, 5) is 26.0. The number of amides is 1. The van der Waals surface area contributed by atoms with Gasteiger partial charge in [0.05, 0.1) is 18.1 Å². The zero-order valence-electron chi connectivity index (χ0n) is 11.6. The molecule has 0 spiro atoms. The number of thiophene rings is 1. The van der Waals surface area contributed by atoms with Crippen LogP contribution in [0.4, 0.5) is 0 Å². The van der Waals surface area contributed by atoms with Crippen molar-refractivity contribution in [2.75, 3.05) is 39.4 Å². The zero-order chi connectivity index (χ0) is 15.1. The van der Waals surface area contributed by atoms with E-state index < -0.39 is 5.97 Å². The van der Waals surface area contributed by atoms with Gasteiger partial charge in [-0.05, 0) is 18.2 Å². The van der Waals surface area contributed by atoms with Crippen LogP contribution in [-0.4, -0.2) is 61.3 Å². The van der Waals surface area contributed by atoms with Gasteiger partial charge in [0.2, 0.25) is 0 Å². The second kappa shape index (κ2) is 7.92. The van der Waals surface area contributed by atoms with Crippen molar-refractivity contribution in [3.63, 3.8) is 0 Å². The summed E-state index contributed by atoms with van der Waals surface area (Å²) in [5.41, 5.74) is 0. The van der Waals surface area contributed by atoms with Gasteiger partial charge in [-0.25, -0.2) is 4.79 Å². The van der Waals surface area contributed by atoms with E-state index in [1.807, 2.05) is 0 Å². The summed E-state index contributed by atoms with van der Waals surface area (Å²) >= 11 is 1.27. The number of aliphatic carboxylic acids is 1. The highest BCUT2D eigenvalue weighted by Gasteiger charge is 2.11. The van der Waals surface area contributed by atoms with Gasteiger partial charge < -0.3 is 15.2 Å². The molecule has 0 atom stereocenters. The molecule has 0 aliphatic carbocycles. The van der Waals surface area contributed by atoms with Crippen LogP contribution in [0.15, 0.2) is 18.2 Å². The van der Waals surface area contributed by atoms with E-state index in [9.17, 15) is 9.59 Å². The summed E-state index contributed by atoms with van der Waals surface area (Å²) < 4.78 is 5.26. The molecule has 2 N–H and O–H groups in total. The Labute approximate surface area is 127 Å². The topological polar surface area (TPSA) is 78.9 Å². The van der Waals surface area contributed by atoms with Gasteiger partial charge in [0, 0.05) is 37.1 Å². The highest BCUT2D eigenvalue weighted by Crippen LogP contribution is 2.17. The molecule has 0 saturated carbocycles. The number of nitrogens with zero attached hydrogens (tertiary/aromatic N) is 1. The van der Waals surface area contributed by atoms with Gasteiger partial charge in [0.25, 0.3) is 5.91 Å². The minimum Gasteiger partial charge on any atom is -0.478 e. The maximum atomic E-state index is 12.0. The van der Waals surface area contributed by atoms with Gasteiger partial charge in [-0.15, -0.1) is 11.3 Å². The lowest BCUT2D eigenvalue weighted by Gasteiger charge is -2.26. The molecule has 6 nitrogen and oxygen atoms in total. The van der Waals surface area contributed by atoms with Crippen LogP contribution in [0.3, 0.4) is 0 Å². The number of hydrogen-bond donors (Lipinski definition) is 2. The Morgan fingerprint density at radius 3 is 2.86 bits per heavy atom. The molecule has 2 heterocycles. The Balaban J connectivity index is 1.76. The largest absolute Gasteiger partial charge is 0.478 e. The van der Waals surface area contributed by atoms with Crippen LogP contribution in [0, 0.1) is 0 Å². The number of carbonyl (C=O) groups excluding carboxylic acids is 1. The third-order valence-electron chi connectivity index (χ3n) is 3.06. The Kier molecular flexibility index (Phi) is 5.91. The summed E-state index contributed by atoms with van der Waals surface area (Å²) in [5.74, 6) is -1.12. The number of carbonyl (C=O) groups is 2. The smallest absolute Gasteiger partial charge is 0.328 e. The second-order valence-electron chi connectivity index (χ2n) is 4.58. The van der Waals surface area contributed by atoms with Crippen LogP contribution >= 0.6 is 11.3 Å². The molecule has 21 heavy (non-hydrogen) atoms. The number of morpholine rings is 1. The number of rotatable bonds is 6. The normalized spacial score (nSPS) is 16.2. The first-order chi connectivity index (χ1) is 10.1. The fraction of sp³-hybridized carbons (Fsp3) is 0.429. The summed E-state index contributed by atoms with van der Waals surface area (Å²) in [7, 11) is 0. The summed E-state index contributed by atoms with van der Waals surface area (Å²) in [6.07, 6.45) is 2.55. The molecule has 2 rings (SSSR count). The predicted octanol–water partition coefficient (Wildman–Crippen LogP) is 0.908. The quantitative estimate of drug-likeness (QED) is 0.764. The maximum Gasteiger partial charge on any atom is 0.328 e. The van der Waals surface area contributed by atoms with Crippen molar-refractivity contribution in [3.05, 3.63) is 28.0 Å². The van der Waals surface area contributed by atoms with Crippen molar-refractivity contribution in [2.45, 2.75) is 0 Å². The molecule has 114 valence electrons. The van der Waals surface area contributed by atoms with Crippen LogP contribution in [0.25, 0.3) is 6.08 Å². The monoisotopic (exact) mass is 310 g/mol. The summed E-state index contributed by atoms with van der Waals surface area (Å²) in [6.45, 7) is 4.71. The molecule has 0 aromatic carbocycles. The molecule has 1 aliphatic heterocycles. The summed E-state index contributed by atoms with van der Waals surface area (Å²) in [6, 6.07) is 3.44. The molecule has 1 aromatic rings. The lowest BCUT2D eigenvalue weighted by Crippen LogP contribution is -2.41. The molecule has 1 aliphatic rings. The first-order valence-electron chi connectivity index (χ1n) is 6.74. The van der Waals surface area contributed by atoms with E-state index in [0.717, 1.165) is 43.8 Å². The van der Waals surface area contributed by atoms with Crippen LogP contribution < -0.4 is 5.32 Å². The van der Waals surface area contributed by atoms with Crippen molar-refractivity contribution < 1.29 is 19.4 Å². The van der Waals surface area contributed by atoms with Crippen molar-refractivity contribution in [3.8, 4) is 0 Å². The third-order valence-corrected chi connectivity index (χ3v) is 4.11. The Hall–Kier alpha value is -1.70. The lowest BCUT2D eigenvalue weighted by molar-refractivity contribution is -0.131. The van der Waals surface area contributed by atoms with Crippen LogP contribution in [-0.2, 0) is 9.53 Å². The first kappa shape index (κ1) is 15.7. The SMILES string of the molecule is O=C(O)C=Cc1ccc(C(=O)NCCN2CCOCC2)s1. The molecule has 1 fully saturated rings. The van der Waals surface area contributed by atoms with E-state index in [4.69, 9.17) is 9.84 Å². The van der Waals surface area contributed by atoms with E-state index >= 15 is 0 Å². The van der Waals surface area contributed by atoms with E-state index in [2.05, 4.69) is 10.2 Å². The zero-order valence-corrected chi connectivity index (χ0v) is 12.4. The molecule has 0 radical (unpaired) electrons. The molecule has 1 saturated heterocycles. The molecule has 1 aromatic heterocycles. The molecule has 0 bridgehead atoms. The fourth-order valence-electron chi connectivity index (χ4n) is 1.96. The van der Waals surface area contributed by atoms with Gasteiger partial charge in [0.15, 0.2) is 0 Å². The first-order valence-corrected chi connectivity index (χ1v) is 7.56. The number of carboxylic acids is 1. The number of hydrogen-bond acceptors (Lipinski definition) is 5. The second-order valence-corrected chi connectivity index (χ2v) is 5.70. The average Bonchev–Trinajstić information content (AvgIpc) is 2.95. The van der Waals surface area contributed by atoms with Crippen molar-refractivity contribution in [1.82, 2.24) is 10.2 Å². The van der Waals surface area contributed by atoms with Gasteiger partial charge in [-0.3, -0.25) is 9.69 Å². The lowest BCUT2D eigenvalue weighted by atomic mass is 10.3. The number of carboxylic acid groups (broad SMARTS) is 1.